The minimum absolute atomic E-state index is 0.424. The number of hydrogen-bond donors (Lipinski definition) is 1. The summed E-state index contributed by atoms with van der Waals surface area (Å²) in [5, 5.41) is 3.55. The predicted molar refractivity (Wildman–Crippen MR) is 92.9 cm³/mol. The van der Waals surface area contributed by atoms with Crippen LogP contribution in [0.15, 0.2) is 24.3 Å². The standard InChI is InChI=1S/C19H32N2/c1-6-12-20-15(2)16-7-9-18(10-8-16)21-13-11-17(14-21)19(3,4)5/h7-10,15,17,20H,6,11-14H2,1-5H3. The summed E-state index contributed by atoms with van der Waals surface area (Å²) in [7, 11) is 0. The van der Waals surface area contributed by atoms with E-state index in [1.165, 1.54) is 37.2 Å². The van der Waals surface area contributed by atoms with Gasteiger partial charge in [0, 0.05) is 24.8 Å². The van der Waals surface area contributed by atoms with Gasteiger partial charge in [0.05, 0.1) is 0 Å². The lowest BCUT2D eigenvalue weighted by molar-refractivity contribution is 0.263. The van der Waals surface area contributed by atoms with Crippen molar-refractivity contribution in [2.45, 2.75) is 53.5 Å². The third-order valence-electron chi connectivity index (χ3n) is 4.87. The molecule has 0 saturated carbocycles. The van der Waals surface area contributed by atoms with E-state index in [0.717, 1.165) is 12.5 Å². The number of rotatable bonds is 5. The topological polar surface area (TPSA) is 15.3 Å². The van der Waals surface area contributed by atoms with Crippen LogP contribution in [0.5, 0.6) is 0 Å². The Labute approximate surface area is 130 Å². The van der Waals surface area contributed by atoms with E-state index < -0.39 is 0 Å². The SMILES string of the molecule is CCCNC(C)c1ccc(N2CCC(C(C)(C)C)C2)cc1. The molecule has 0 aromatic heterocycles. The number of nitrogens with zero attached hydrogens (tertiary/aromatic N) is 1. The first-order valence-electron chi connectivity index (χ1n) is 8.50. The molecule has 1 saturated heterocycles. The Balaban J connectivity index is 1.97. The van der Waals surface area contributed by atoms with Crippen LogP contribution in [0, 0.1) is 11.3 Å². The summed E-state index contributed by atoms with van der Waals surface area (Å²) >= 11 is 0. The molecule has 118 valence electrons. The van der Waals surface area contributed by atoms with Gasteiger partial charge in [-0.05, 0) is 55.3 Å². The smallest absolute Gasteiger partial charge is 0.0366 e. The first-order valence-corrected chi connectivity index (χ1v) is 8.50. The Hall–Kier alpha value is -1.02. The Morgan fingerprint density at radius 2 is 1.90 bits per heavy atom. The van der Waals surface area contributed by atoms with E-state index in [9.17, 15) is 0 Å². The highest BCUT2D eigenvalue weighted by atomic mass is 15.2. The summed E-state index contributed by atoms with van der Waals surface area (Å²) in [5.74, 6) is 0.808. The van der Waals surface area contributed by atoms with Gasteiger partial charge in [0.25, 0.3) is 0 Å². The molecule has 2 nitrogen and oxygen atoms in total. The molecule has 2 unspecified atom stereocenters. The molecule has 1 aliphatic heterocycles. The quantitative estimate of drug-likeness (QED) is 0.850. The van der Waals surface area contributed by atoms with E-state index in [1.807, 2.05) is 0 Å². The highest BCUT2D eigenvalue weighted by Gasteiger charge is 2.31. The molecule has 1 aliphatic rings. The first-order chi connectivity index (χ1) is 9.91. The van der Waals surface area contributed by atoms with Crippen LogP contribution in [0.3, 0.4) is 0 Å². The van der Waals surface area contributed by atoms with E-state index in [4.69, 9.17) is 0 Å². The van der Waals surface area contributed by atoms with Crippen molar-refractivity contribution in [1.82, 2.24) is 5.32 Å². The van der Waals surface area contributed by atoms with E-state index in [-0.39, 0.29) is 0 Å². The van der Waals surface area contributed by atoms with E-state index in [2.05, 4.69) is 69.1 Å². The minimum atomic E-state index is 0.424. The molecule has 1 aromatic carbocycles. The second-order valence-electron chi connectivity index (χ2n) is 7.56. The van der Waals surface area contributed by atoms with Gasteiger partial charge in [-0.25, -0.2) is 0 Å². The molecule has 0 bridgehead atoms. The van der Waals surface area contributed by atoms with Crippen molar-refractivity contribution in [1.29, 1.82) is 0 Å². The monoisotopic (exact) mass is 288 g/mol. The van der Waals surface area contributed by atoms with Crippen LogP contribution in [-0.2, 0) is 0 Å². The van der Waals surface area contributed by atoms with Gasteiger partial charge in [0.15, 0.2) is 0 Å². The molecular weight excluding hydrogens is 256 g/mol. The van der Waals surface area contributed by atoms with E-state index in [1.54, 1.807) is 0 Å². The normalized spacial score (nSPS) is 20.8. The van der Waals surface area contributed by atoms with Gasteiger partial charge in [-0.3, -0.25) is 0 Å². The molecule has 2 atom stereocenters. The highest BCUT2D eigenvalue weighted by Crippen LogP contribution is 2.35. The van der Waals surface area contributed by atoms with Crippen molar-refractivity contribution < 1.29 is 0 Å². The largest absolute Gasteiger partial charge is 0.371 e. The van der Waals surface area contributed by atoms with Crippen LogP contribution >= 0.6 is 0 Å². The highest BCUT2D eigenvalue weighted by molar-refractivity contribution is 5.49. The number of benzene rings is 1. The van der Waals surface area contributed by atoms with Crippen molar-refractivity contribution >= 4 is 5.69 Å². The predicted octanol–water partition coefficient (Wildman–Crippen LogP) is 4.62. The summed E-state index contributed by atoms with van der Waals surface area (Å²) in [5.41, 5.74) is 3.19. The zero-order valence-corrected chi connectivity index (χ0v) is 14.4. The van der Waals surface area contributed by atoms with Gasteiger partial charge in [0.1, 0.15) is 0 Å². The lowest BCUT2D eigenvalue weighted by atomic mass is 9.80. The molecule has 2 heteroatoms. The van der Waals surface area contributed by atoms with Gasteiger partial charge in [-0.15, -0.1) is 0 Å². The van der Waals surface area contributed by atoms with Crippen molar-refractivity contribution in [3.63, 3.8) is 0 Å². The van der Waals surface area contributed by atoms with Crippen LogP contribution in [0.2, 0.25) is 0 Å². The Morgan fingerprint density at radius 1 is 1.24 bits per heavy atom. The second-order valence-corrected chi connectivity index (χ2v) is 7.56. The average Bonchev–Trinajstić information content (AvgIpc) is 2.95. The average molecular weight is 288 g/mol. The summed E-state index contributed by atoms with van der Waals surface area (Å²) in [6, 6.07) is 9.61. The fraction of sp³-hybridized carbons (Fsp3) is 0.684. The number of hydrogen-bond acceptors (Lipinski definition) is 2. The van der Waals surface area contributed by atoms with Crippen molar-refractivity contribution in [3.05, 3.63) is 29.8 Å². The minimum Gasteiger partial charge on any atom is -0.371 e. The van der Waals surface area contributed by atoms with Crippen LogP contribution < -0.4 is 10.2 Å². The van der Waals surface area contributed by atoms with E-state index >= 15 is 0 Å². The summed E-state index contributed by atoms with van der Waals surface area (Å²) < 4.78 is 0. The molecule has 1 aromatic rings. The molecule has 21 heavy (non-hydrogen) atoms. The lowest BCUT2D eigenvalue weighted by Crippen LogP contribution is -2.25. The number of anilines is 1. The molecule has 0 amide bonds. The van der Waals surface area contributed by atoms with Crippen LogP contribution in [0.4, 0.5) is 5.69 Å². The van der Waals surface area contributed by atoms with Gasteiger partial charge >= 0.3 is 0 Å². The zero-order valence-electron chi connectivity index (χ0n) is 14.4. The van der Waals surface area contributed by atoms with Crippen LogP contribution in [0.1, 0.15) is 59.1 Å². The first kappa shape index (κ1) is 16.4. The molecule has 0 aliphatic carbocycles. The maximum Gasteiger partial charge on any atom is 0.0366 e. The summed E-state index contributed by atoms with van der Waals surface area (Å²) in [6.07, 6.45) is 2.50. The van der Waals surface area contributed by atoms with Gasteiger partial charge < -0.3 is 10.2 Å². The molecule has 1 N–H and O–H groups in total. The second kappa shape index (κ2) is 6.83. The Kier molecular flexibility index (Phi) is 5.32. The Bertz CT molecular complexity index is 430. The van der Waals surface area contributed by atoms with Crippen molar-refractivity contribution in [2.24, 2.45) is 11.3 Å². The zero-order chi connectivity index (χ0) is 15.5. The van der Waals surface area contributed by atoms with E-state index in [0.29, 0.717) is 11.5 Å². The molecule has 0 radical (unpaired) electrons. The number of nitrogens with one attached hydrogen (secondary N) is 1. The van der Waals surface area contributed by atoms with Crippen LogP contribution in [-0.4, -0.2) is 19.6 Å². The third-order valence-corrected chi connectivity index (χ3v) is 4.87. The van der Waals surface area contributed by atoms with Crippen molar-refractivity contribution in [2.75, 3.05) is 24.5 Å². The Morgan fingerprint density at radius 3 is 2.43 bits per heavy atom. The lowest BCUT2D eigenvalue weighted by Gasteiger charge is -2.27. The van der Waals surface area contributed by atoms with Gasteiger partial charge in [-0.2, -0.15) is 0 Å². The summed E-state index contributed by atoms with van der Waals surface area (Å²) in [6.45, 7) is 15.0. The fourth-order valence-electron chi connectivity index (χ4n) is 3.15. The molecule has 0 spiro atoms. The molecule has 2 rings (SSSR count). The van der Waals surface area contributed by atoms with Crippen molar-refractivity contribution in [3.8, 4) is 0 Å². The van der Waals surface area contributed by atoms with Gasteiger partial charge in [-0.1, -0.05) is 39.8 Å². The molecule has 1 fully saturated rings. The van der Waals surface area contributed by atoms with Gasteiger partial charge in [0.2, 0.25) is 0 Å². The molecule has 1 heterocycles. The fourth-order valence-corrected chi connectivity index (χ4v) is 3.15. The maximum absolute atomic E-state index is 3.55. The van der Waals surface area contributed by atoms with Crippen LogP contribution in [0.25, 0.3) is 0 Å². The maximum atomic E-state index is 3.55. The third kappa shape index (κ3) is 4.23. The molecular formula is C19H32N2. The summed E-state index contributed by atoms with van der Waals surface area (Å²) in [4.78, 5) is 2.55.